The molecule has 0 saturated heterocycles. The molecule has 0 spiro atoms. The molecule has 1 aliphatic rings. The van der Waals surface area contributed by atoms with Gasteiger partial charge in [0, 0.05) is 0 Å². The van der Waals surface area contributed by atoms with Gasteiger partial charge in [0.05, 0.1) is 5.16 Å². The zero-order chi connectivity index (χ0) is 9.03. The van der Waals surface area contributed by atoms with Crippen molar-refractivity contribution in [2.45, 2.75) is 37.8 Å². The van der Waals surface area contributed by atoms with E-state index in [2.05, 4.69) is 41.4 Å². The first-order valence-corrected chi connectivity index (χ1v) is 4.88. The maximum absolute atomic E-state index is 4.68. The molecule has 0 aliphatic heterocycles. The van der Waals surface area contributed by atoms with Gasteiger partial charge in [0.25, 0.3) is 0 Å². The Labute approximate surface area is 79.7 Å². The van der Waals surface area contributed by atoms with E-state index < -0.39 is 0 Å². The van der Waals surface area contributed by atoms with Crippen molar-refractivity contribution in [1.82, 2.24) is 4.90 Å². The first kappa shape index (κ1) is 9.85. The fraction of sp³-hybridized carbons (Fsp3) is 0.889. The van der Waals surface area contributed by atoms with Gasteiger partial charge < -0.3 is 0 Å². The van der Waals surface area contributed by atoms with Gasteiger partial charge in [-0.1, -0.05) is 6.42 Å². The van der Waals surface area contributed by atoms with Gasteiger partial charge in [-0.2, -0.15) is 0 Å². The summed E-state index contributed by atoms with van der Waals surface area (Å²) in [6.45, 7) is 0. The first-order valence-electron chi connectivity index (χ1n) is 4.48. The molecular formula is C9H16N2S. The normalized spacial score (nSPS) is 21.9. The van der Waals surface area contributed by atoms with Crippen molar-refractivity contribution in [2.24, 2.45) is 4.99 Å². The molecule has 0 N–H and O–H groups in total. The van der Waals surface area contributed by atoms with Crippen molar-refractivity contribution in [3.05, 3.63) is 0 Å². The second-order valence-corrected chi connectivity index (χ2v) is 3.82. The molecule has 3 heteroatoms. The van der Waals surface area contributed by atoms with Gasteiger partial charge in [-0.15, -0.1) is 0 Å². The lowest BCUT2D eigenvalue weighted by Gasteiger charge is -2.38. The molecule has 0 bridgehead atoms. The van der Waals surface area contributed by atoms with E-state index in [1.807, 2.05) is 0 Å². The monoisotopic (exact) mass is 184 g/mol. The Hall–Kier alpha value is -0.240. The van der Waals surface area contributed by atoms with Gasteiger partial charge >= 0.3 is 0 Å². The van der Waals surface area contributed by atoms with Gasteiger partial charge in [0.15, 0.2) is 0 Å². The summed E-state index contributed by atoms with van der Waals surface area (Å²) >= 11 is 4.68. The van der Waals surface area contributed by atoms with Gasteiger partial charge in [-0.3, -0.25) is 4.90 Å². The number of nitrogens with zero attached hydrogens (tertiary/aromatic N) is 2. The van der Waals surface area contributed by atoms with E-state index in [0.717, 1.165) is 12.8 Å². The predicted octanol–water partition coefficient (Wildman–Crippen LogP) is 2.31. The zero-order valence-corrected chi connectivity index (χ0v) is 8.65. The van der Waals surface area contributed by atoms with Crippen LogP contribution in [0.25, 0.3) is 0 Å². The molecule has 0 aromatic heterocycles. The molecule has 1 aliphatic carbocycles. The standard InChI is InChI=1S/C9H16N2S/c1-11(2)9(10-8-12)6-4-3-5-7-9/h3-7H2,1-2H3. The van der Waals surface area contributed by atoms with E-state index >= 15 is 0 Å². The SMILES string of the molecule is CN(C)C1(N=C=S)CCCCC1. The van der Waals surface area contributed by atoms with E-state index in [0.29, 0.717) is 0 Å². The molecule has 12 heavy (non-hydrogen) atoms. The maximum Gasteiger partial charge on any atom is 0.123 e. The second-order valence-electron chi connectivity index (χ2n) is 3.64. The summed E-state index contributed by atoms with van der Waals surface area (Å²) in [4.78, 5) is 6.48. The maximum atomic E-state index is 4.68. The van der Waals surface area contributed by atoms with Crippen LogP contribution < -0.4 is 0 Å². The van der Waals surface area contributed by atoms with Crippen molar-refractivity contribution < 1.29 is 0 Å². The van der Waals surface area contributed by atoms with Gasteiger partial charge in [0.2, 0.25) is 0 Å². The van der Waals surface area contributed by atoms with E-state index in [1.54, 1.807) is 0 Å². The molecule has 0 heterocycles. The van der Waals surface area contributed by atoms with Gasteiger partial charge in [-0.05, 0) is 52.0 Å². The van der Waals surface area contributed by atoms with E-state index in [-0.39, 0.29) is 5.66 Å². The molecular weight excluding hydrogens is 168 g/mol. The summed E-state index contributed by atoms with van der Waals surface area (Å²) in [7, 11) is 4.14. The highest BCUT2D eigenvalue weighted by atomic mass is 32.1. The van der Waals surface area contributed by atoms with Crippen LogP contribution in [-0.2, 0) is 0 Å². The highest BCUT2D eigenvalue weighted by Crippen LogP contribution is 2.32. The molecule has 1 saturated carbocycles. The molecule has 2 nitrogen and oxygen atoms in total. The minimum Gasteiger partial charge on any atom is -0.285 e. The minimum absolute atomic E-state index is 0.0278. The summed E-state index contributed by atoms with van der Waals surface area (Å²) in [5, 5.41) is 2.53. The fourth-order valence-corrected chi connectivity index (χ4v) is 2.03. The minimum atomic E-state index is -0.0278. The first-order chi connectivity index (χ1) is 5.71. The number of isothiocyanates is 1. The third-order valence-electron chi connectivity index (χ3n) is 2.74. The van der Waals surface area contributed by atoms with Crippen molar-refractivity contribution in [3.8, 4) is 0 Å². The highest BCUT2D eigenvalue weighted by Gasteiger charge is 2.33. The average molecular weight is 184 g/mol. The van der Waals surface area contributed by atoms with E-state index in [4.69, 9.17) is 0 Å². The van der Waals surface area contributed by atoms with Crippen LogP contribution in [0.1, 0.15) is 32.1 Å². The predicted molar refractivity (Wildman–Crippen MR) is 54.5 cm³/mol. The summed E-state index contributed by atoms with van der Waals surface area (Å²) in [6.07, 6.45) is 6.12. The zero-order valence-electron chi connectivity index (χ0n) is 7.84. The van der Waals surface area contributed by atoms with Crippen molar-refractivity contribution in [3.63, 3.8) is 0 Å². The van der Waals surface area contributed by atoms with E-state index in [1.165, 1.54) is 19.3 Å². The van der Waals surface area contributed by atoms with Crippen molar-refractivity contribution in [2.75, 3.05) is 14.1 Å². The number of hydrogen-bond donors (Lipinski definition) is 0. The summed E-state index contributed by atoms with van der Waals surface area (Å²) in [5.74, 6) is 0. The number of thiocarbonyl (C=S) groups is 1. The lowest BCUT2D eigenvalue weighted by molar-refractivity contribution is 0.111. The number of hydrogen-bond acceptors (Lipinski definition) is 3. The van der Waals surface area contributed by atoms with Crippen LogP contribution >= 0.6 is 12.2 Å². The largest absolute Gasteiger partial charge is 0.285 e. The third-order valence-corrected chi connectivity index (χ3v) is 2.83. The smallest absolute Gasteiger partial charge is 0.123 e. The van der Waals surface area contributed by atoms with Gasteiger partial charge in [0.1, 0.15) is 5.66 Å². The summed E-state index contributed by atoms with van der Waals surface area (Å²) < 4.78 is 0. The molecule has 0 aromatic carbocycles. The fourth-order valence-electron chi connectivity index (χ4n) is 1.86. The van der Waals surface area contributed by atoms with Crippen LogP contribution in [0.5, 0.6) is 0 Å². The Kier molecular flexibility index (Phi) is 3.39. The Morgan fingerprint density at radius 3 is 2.25 bits per heavy atom. The number of aliphatic imine (C=N–C) groups is 1. The second kappa shape index (κ2) is 4.13. The van der Waals surface area contributed by atoms with Crippen LogP contribution in [0.2, 0.25) is 0 Å². The molecule has 0 unspecified atom stereocenters. The lowest BCUT2D eigenvalue weighted by atomic mass is 9.88. The topological polar surface area (TPSA) is 15.6 Å². The number of rotatable bonds is 2. The molecule has 0 aromatic rings. The Morgan fingerprint density at radius 1 is 1.25 bits per heavy atom. The van der Waals surface area contributed by atoms with Crippen LogP contribution in [0.15, 0.2) is 4.99 Å². The van der Waals surface area contributed by atoms with Crippen LogP contribution in [0.4, 0.5) is 0 Å². The molecule has 0 atom stereocenters. The molecule has 1 fully saturated rings. The van der Waals surface area contributed by atoms with Crippen LogP contribution in [0, 0.1) is 0 Å². The third kappa shape index (κ3) is 1.92. The molecule has 68 valence electrons. The Balaban J connectivity index is 2.76. The quantitative estimate of drug-likeness (QED) is 0.483. The van der Waals surface area contributed by atoms with Crippen LogP contribution in [-0.4, -0.2) is 29.8 Å². The highest BCUT2D eigenvalue weighted by molar-refractivity contribution is 7.78. The van der Waals surface area contributed by atoms with Crippen molar-refractivity contribution >= 4 is 17.4 Å². The van der Waals surface area contributed by atoms with Gasteiger partial charge in [-0.25, -0.2) is 4.99 Å². The molecule has 0 radical (unpaired) electrons. The van der Waals surface area contributed by atoms with E-state index in [9.17, 15) is 0 Å². The summed E-state index contributed by atoms with van der Waals surface area (Å²) in [5.41, 5.74) is -0.0278. The Bertz CT molecular complexity index is 189. The average Bonchev–Trinajstić information content (AvgIpc) is 2.06. The molecule has 1 rings (SSSR count). The lowest BCUT2D eigenvalue weighted by Crippen LogP contribution is -2.43. The molecule has 0 amide bonds. The van der Waals surface area contributed by atoms with Crippen LogP contribution in [0.3, 0.4) is 0 Å². The summed E-state index contributed by atoms with van der Waals surface area (Å²) in [6, 6.07) is 0. The Morgan fingerprint density at radius 2 is 1.83 bits per heavy atom. The van der Waals surface area contributed by atoms with Crippen molar-refractivity contribution in [1.29, 1.82) is 0 Å².